The number of amides is 2. The van der Waals surface area contributed by atoms with Crippen LogP contribution in [0.2, 0.25) is 0 Å². The molecule has 0 aromatic carbocycles. The topological polar surface area (TPSA) is 93.0 Å². The van der Waals surface area contributed by atoms with E-state index in [1.165, 1.54) is 0 Å². The van der Waals surface area contributed by atoms with Crippen molar-refractivity contribution in [1.82, 2.24) is 5.32 Å². The molecule has 0 aromatic heterocycles. The van der Waals surface area contributed by atoms with Crippen LogP contribution in [0.1, 0.15) is 46.5 Å². The van der Waals surface area contributed by atoms with Crippen LogP contribution in [0, 0.1) is 5.92 Å². The molecule has 4 fully saturated rings. The van der Waals surface area contributed by atoms with Gasteiger partial charge in [0.1, 0.15) is 12.0 Å². The highest BCUT2D eigenvalue weighted by molar-refractivity contribution is 6.28. The van der Waals surface area contributed by atoms with Crippen LogP contribution in [-0.2, 0) is 23.7 Å². The smallest absolute Gasteiger partial charge is 0.414 e. The summed E-state index contributed by atoms with van der Waals surface area (Å²) in [5.74, 6) is -0.667. The molecule has 3 heterocycles. The Hall–Kier alpha value is -0.890. The average Bonchev–Trinajstić information content (AvgIpc) is 3.51. The molecule has 6 atom stereocenters. The van der Waals surface area contributed by atoms with Gasteiger partial charge in [-0.3, -0.25) is 10.1 Å². The summed E-state index contributed by atoms with van der Waals surface area (Å²) in [4.78, 5) is 23.0. The molecule has 26 heavy (non-hydrogen) atoms. The molecule has 0 bridgehead atoms. The zero-order chi connectivity index (χ0) is 18.7. The molecule has 1 N–H and O–H groups in total. The Morgan fingerprint density at radius 2 is 1.92 bits per heavy atom. The van der Waals surface area contributed by atoms with E-state index in [0.29, 0.717) is 6.42 Å². The molecule has 146 valence electrons. The molecule has 1 aliphatic carbocycles. The predicted molar refractivity (Wildman–Crippen MR) is 92.0 cm³/mol. The Kier molecular flexibility index (Phi) is 4.30. The Morgan fingerprint density at radius 1 is 1.23 bits per heavy atom. The maximum atomic E-state index is 11.8. The third-order valence-electron chi connectivity index (χ3n) is 6.44. The van der Waals surface area contributed by atoms with Crippen molar-refractivity contribution in [2.75, 3.05) is 12.5 Å². The minimum absolute atomic E-state index is 0.0497. The summed E-state index contributed by atoms with van der Waals surface area (Å²) in [6, 6.07) is 0. The van der Waals surface area contributed by atoms with Crippen molar-refractivity contribution >= 4 is 23.6 Å². The summed E-state index contributed by atoms with van der Waals surface area (Å²) in [5.41, 5.74) is -0.472. The lowest BCUT2D eigenvalue weighted by Crippen LogP contribution is -2.46. The van der Waals surface area contributed by atoms with E-state index in [4.69, 9.17) is 30.5 Å². The standard InChI is InChI=1S/C18H26ClNO6/c1-16(2)12(25-16)7-13-17(3,26-13)11-6-10(4-5-18(11)9-23-18)24-15(22)20-14(21)8-19/h10-13H,4-9H2,1-3H3,(H,20,21,22). The summed E-state index contributed by atoms with van der Waals surface area (Å²) in [7, 11) is 0. The zero-order valence-corrected chi connectivity index (χ0v) is 16.1. The molecule has 3 aliphatic heterocycles. The third kappa shape index (κ3) is 3.35. The number of hydrogen-bond acceptors (Lipinski definition) is 6. The van der Waals surface area contributed by atoms with Gasteiger partial charge in [0.25, 0.3) is 0 Å². The van der Waals surface area contributed by atoms with Gasteiger partial charge < -0.3 is 18.9 Å². The number of hydrogen-bond donors (Lipinski definition) is 1. The summed E-state index contributed by atoms with van der Waals surface area (Å²) in [6.45, 7) is 7.04. The number of alkyl halides is 1. The van der Waals surface area contributed by atoms with Crippen LogP contribution < -0.4 is 5.32 Å². The highest BCUT2D eigenvalue weighted by Crippen LogP contribution is 2.60. The van der Waals surface area contributed by atoms with Crippen LogP contribution in [-0.4, -0.2) is 59.6 Å². The van der Waals surface area contributed by atoms with E-state index in [-0.39, 0.29) is 46.9 Å². The molecule has 0 radical (unpaired) electrons. The number of rotatable bonds is 5. The molecule has 2 amide bonds. The number of ether oxygens (including phenoxy) is 4. The first-order valence-corrected chi connectivity index (χ1v) is 9.78. The van der Waals surface area contributed by atoms with Crippen molar-refractivity contribution in [3.8, 4) is 0 Å². The Bertz CT molecular complexity index is 621. The van der Waals surface area contributed by atoms with Gasteiger partial charge in [0.05, 0.1) is 35.6 Å². The van der Waals surface area contributed by atoms with Gasteiger partial charge in [-0.1, -0.05) is 0 Å². The fraction of sp³-hybridized carbons (Fsp3) is 0.889. The average molecular weight is 388 g/mol. The van der Waals surface area contributed by atoms with E-state index in [1.54, 1.807) is 0 Å². The fourth-order valence-electron chi connectivity index (χ4n) is 4.52. The predicted octanol–water partition coefficient (Wildman–Crippen LogP) is 2.14. The first-order valence-electron chi connectivity index (χ1n) is 9.24. The third-order valence-corrected chi connectivity index (χ3v) is 6.68. The van der Waals surface area contributed by atoms with Crippen molar-refractivity contribution in [1.29, 1.82) is 0 Å². The van der Waals surface area contributed by atoms with Gasteiger partial charge in [-0.2, -0.15) is 0 Å². The first kappa shape index (κ1) is 18.5. The van der Waals surface area contributed by atoms with Crippen LogP contribution in [0.3, 0.4) is 0 Å². The molecule has 3 saturated heterocycles. The van der Waals surface area contributed by atoms with Crippen LogP contribution in [0.25, 0.3) is 0 Å². The molecule has 0 aromatic rings. The van der Waals surface area contributed by atoms with E-state index >= 15 is 0 Å². The van der Waals surface area contributed by atoms with E-state index in [2.05, 4.69) is 26.1 Å². The molecular weight excluding hydrogens is 362 g/mol. The number of halogens is 1. The lowest BCUT2D eigenvalue weighted by molar-refractivity contribution is -0.118. The second kappa shape index (κ2) is 6.06. The Labute approximate surface area is 158 Å². The lowest BCUT2D eigenvalue weighted by atomic mass is 9.70. The van der Waals surface area contributed by atoms with Gasteiger partial charge in [0.2, 0.25) is 5.91 Å². The Morgan fingerprint density at radius 3 is 2.50 bits per heavy atom. The number of epoxide rings is 3. The first-order chi connectivity index (χ1) is 12.2. The second-order valence-corrected chi connectivity index (χ2v) is 8.89. The van der Waals surface area contributed by atoms with E-state index in [0.717, 1.165) is 25.9 Å². The molecule has 4 rings (SSSR count). The minimum Gasteiger partial charge on any atom is -0.446 e. The van der Waals surface area contributed by atoms with Crippen molar-refractivity contribution in [2.24, 2.45) is 5.92 Å². The summed E-state index contributed by atoms with van der Waals surface area (Å²) >= 11 is 5.40. The van der Waals surface area contributed by atoms with Crippen LogP contribution in [0.5, 0.6) is 0 Å². The van der Waals surface area contributed by atoms with Crippen molar-refractivity contribution in [3.05, 3.63) is 0 Å². The highest BCUT2D eigenvalue weighted by atomic mass is 35.5. The number of alkyl carbamates (subject to hydrolysis) is 1. The SMILES string of the molecule is CC1(C)OC1CC1OC1(C)C1CC(OC(=O)NC(=O)CCl)CCC12CO2. The summed E-state index contributed by atoms with van der Waals surface area (Å²) < 4.78 is 23.1. The number of carbonyl (C=O) groups is 2. The molecule has 4 aliphatic rings. The summed E-state index contributed by atoms with van der Waals surface area (Å²) in [5, 5.41) is 2.12. The van der Waals surface area contributed by atoms with Crippen LogP contribution in [0.4, 0.5) is 4.79 Å². The van der Waals surface area contributed by atoms with E-state index in [9.17, 15) is 9.59 Å². The molecule has 7 nitrogen and oxygen atoms in total. The molecule has 8 heteroatoms. The number of carbonyl (C=O) groups excluding carboxylic acids is 2. The van der Waals surface area contributed by atoms with Crippen molar-refractivity contribution in [3.63, 3.8) is 0 Å². The lowest BCUT2D eigenvalue weighted by Gasteiger charge is -2.36. The molecule has 6 unspecified atom stereocenters. The maximum absolute atomic E-state index is 11.8. The normalized spacial score (nSPS) is 45.1. The van der Waals surface area contributed by atoms with Gasteiger partial charge in [-0.15, -0.1) is 11.6 Å². The van der Waals surface area contributed by atoms with E-state index < -0.39 is 12.0 Å². The largest absolute Gasteiger partial charge is 0.446 e. The number of imide groups is 1. The van der Waals surface area contributed by atoms with E-state index in [1.807, 2.05) is 0 Å². The minimum atomic E-state index is -0.737. The summed E-state index contributed by atoms with van der Waals surface area (Å²) in [6.07, 6.45) is 2.50. The van der Waals surface area contributed by atoms with Crippen LogP contribution >= 0.6 is 11.6 Å². The van der Waals surface area contributed by atoms with Gasteiger partial charge in [0.15, 0.2) is 0 Å². The number of nitrogens with one attached hydrogen (secondary N) is 1. The van der Waals surface area contributed by atoms with Gasteiger partial charge in [-0.25, -0.2) is 4.79 Å². The second-order valence-electron chi connectivity index (χ2n) is 8.63. The van der Waals surface area contributed by atoms with Crippen LogP contribution in [0.15, 0.2) is 0 Å². The highest BCUT2D eigenvalue weighted by Gasteiger charge is 2.70. The quantitative estimate of drug-likeness (QED) is 0.574. The Balaban J connectivity index is 1.36. The van der Waals surface area contributed by atoms with Crippen molar-refractivity contribution in [2.45, 2.75) is 81.6 Å². The van der Waals surface area contributed by atoms with Gasteiger partial charge >= 0.3 is 6.09 Å². The zero-order valence-electron chi connectivity index (χ0n) is 15.4. The van der Waals surface area contributed by atoms with Gasteiger partial charge in [0, 0.05) is 12.3 Å². The maximum Gasteiger partial charge on any atom is 0.414 e. The monoisotopic (exact) mass is 387 g/mol. The van der Waals surface area contributed by atoms with Gasteiger partial charge in [-0.05, 0) is 40.0 Å². The molecule has 1 saturated carbocycles. The molecular formula is C18H26ClNO6. The van der Waals surface area contributed by atoms with Crippen molar-refractivity contribution < 1.29 is 28.5 Å². The molecule has 1 spiro atoms. The fourth-order valence-corrected chi connectivity index (χ4v) is 4.59.